The van der Waals surface area contributed by atoms with E-state index in [1.54, 1.807) is 6.92 Å². The zero-order valence-corrected chi connectivity index (χ0v) is 9.26. The van der Waals surface area contributed by atoms with Crippen molar-refractivity contribution in [3.05, 3.63) is 0 Å². The summed E-state index contributed by atoms with van der Waals surface area (Å²) in [4.78, 5) is 11.4. The van der Waals surface area contributed by atoms with Crippen LogP contribution in [0.25, 0.3) is 0 Å². The fraction of sp³-hybridized carbons (Fsp3) is 0.727. The van der Waals surface area contributed by atoms with Crippen molar-refractivity contribution in [1.29, 1.82) is 0 Å². The van der Waals surface area contributed by atoms with Gasteiger partial charge in [-0.05, 0) is 19.3 Å². The molecule has 80 valence electrons. The summed E-state index contributed by atoms with van der Waals surface area (Å²) in [6.07, 6.45) is 1.42. The van der Waals surface area contributed by atoms with Crippen molar-refractivity contribution < 1.29 is 4.79 Å². The summed E-state index contributed by atoms with van der Waals surface area (Å²) in [5.41, 5.74) is 5.68. The average molecular weight is 196 g/mol. The first kappa shape index (κ1) is 13.0. The van der Waals surface area contributed by atoms with Crippen molar-refractivity contribution in [2.24, 2.45) is 11.7 Å². The van der Waals surface area contributed by atoms with E-state index < -0.39 is 0 Å². The second kappa shape index (κ2) is 7.40. The van der Waals surface area contributed by atoms with Gasteiger partial charge in [-0.1, -0.05) is 13.8 Å². The van der Waals surface area contributed by atoms with Gasteiger partial charge in [-0.3, -0.25) is 4.79 Å². The Morgan fingerprint density at radius 3 is 2.64 bits per heavy atom. The van der Waals surface area contributed by atoms with Gasteiger partial charge in [0.2, 0.25) is 5.91 Å². The molecule has 0 aliphatic rings. The molecule has 0 aromatic rings. The van der Waals surface area contributed by atoms with Gasteiger partial charge in [-0.25, -0.2) is 0 Å². The van der Waals surface area contributed by atoms with E-state index in [0.29, 0.717) is 18.9 Å². The smallest absolute Gasteiger partial charge is 0.236 e. The van der Waals surface area contributed by atoms with Crippen LogP contribution in [0.5, 0.6) is 0 Å². The minimum atomic E-state index is -0.385. The van der Waals surface area contributed by atoms with Gasteiger partial charge < -0.3 is 11.1 Å². The molecule has 0 aliphatic carbocycles. The maximum Gasteiger partial charge on any atom is 0.236 e. The van der Waals surface area contributed by atoms with Gasteiger partial charge >= 0.3 is 0 Å². The summed E-state index contributed by atoms with van der Waals surface area (Å²) in [5.74, 6) is 6.03. The Hall–Kier alpha value is -1.01. The number of hydrogen-bond donors (Lipinski definition) is 2. The van der Waals surface area contributed by atoms with Crippen molar-refractivity contribution in [3.8, 4) is 11.8 Å². The molecule has 1 amide bonds. The minimum Gasteiger partial charge on any atom is -0.354 e. The van der Waals surface area contributed by atoms with E-state index >= 15 is 0 Å². The zero-order chi connectivity index (χ0) is 11.0. The standard InChI is InChI=1S/C11H20N2O/c1-4-5-6-7-13-11(14)10(12)8-9(2)3/h9-10H,6-8,12H2,1-3H3,(H,13,14)/t10-/m0/s1. The molecule has 0 aromatic carbocycles. The Morgan fingerprint density at radius 2 is 2.14 bits per heavy atom. The number of nitrogens with one attached hydrogen (secondary N) is 1. The van der Waals surface area contributed by atoms with Gasteiger partial charge in [0.05, 0.1) is 6.04 Å². The molecule has 0 saturated carbocycles. The first-order chi connectivity index (χ1) is 6.57. The summed E-state index contributed by atoms with van der Waals surface area (Å²) in [5, 5.41) is 2.76. The number of carbonyl (C=O) groups excluding carboxylic acids is 1. The molecular weight excluding hydrogens is 176 g/mol. The molecule has 0 saturated heterocycles. The fourth-order valence-corrected chi connectivity index (χ4v) is 1.12. The van der Waals surface area contributed by atoms with E-state index in [2.05, 4.69) is 31.0 Å². The molecular formula is C11H20N2O. The van der Waals surface area contributed by atoms with Crippen molar-refractivity contribution in [3.63, 3.8) is 0 Å². The van der Waals surface area contributed by atoms with Crippen LogP contribution in [0.3, 0.4) is 0 Å². The highest BCUT2D eigenvalue weighted by atomic mass is 16.2. The van der Waals surface area contributed by atoms with E-state index in [4.69, 9.17) is 5.73 Å². The summed E-state index contributed by atoms with van der Waals surface area (Å²) >= 11 is 0. The Kier molecular flexibility index (Phi) is 6.87. The third-order valence-corrected chi connectivity index (χ3v) is 1.79. The maximum atomic E-state index is 11.4. The molecule has 0 radical (unpaired) electrons. The van der Waals surface area contributed by atoms with Crippen LogP contribution >= 0.6 is 0 Å². The highest BCUT2D eigenvalue weighted by Gasteiger charge is 2.13. The Labute approximate surface area is 86.4 Å². The molecule has 0 rings (SSSR count). The molecule has 1 atom stereocenters. The van der Waals surface area contributed by atoms with Gasteiger partial charge in [0.25, 0.3) is 0 Å². The van der Waals surface area contributed by atoms with Crippen molar-refractivity contribution in [1.82, 2.24) is 5.32 Å². The predicted molar refractivity (Wildman–Crippen MR) is 58.5 cm³/mol. The highest BCUT2D eigenvalue weighted by molar-refractivity contribution is 5.81. The molecule has 0 bridgehead atoms. The van der Waals surface area contributed by atoms with Crippen LogP contribution in [0, 0.1) is 17.8 Å². The molecule has 0 spiro atoms. The van der Waals surface area contributed by atoms with Crippen molar-refractivity contribution in [2.75, 3.05) is 6.54 Å². The quantitative estimate of drug-likeness (QED) is 0.507. The van der Waals surface area contributed by atoms with Crippen LogP contribution in [0.1, 0.15) is 33.6 Å². The molecule has 3 heteroatoms. The summed E-state index contributed by atoms with van der Waals surface area (Å²) in [6, 6.07) is -0.385. The minimum absolute atomic E-state index is 0.0726. The van der Waals surface area contributed by atoms with E-state index in [1.165, 1.54) is 0 Å². The lowest BCUT2D eigenvalue weighted by Crippen LogP contribution is -2.41. The van der Waals surface area contributed by atoms with Gasteiger partial charge in [0.1, 0.15) is 0 Å². The average Bonchev–Trinajstić information content (AvgIpc) is 2.11. The molecule has 3 nitrogen and oxygen atoms in total. The van der Waals surface area contributed by atoms with E-state index in [1.807, 2.05) is 0 Å². The topological polar surface area (TPSA) is 55.1 Å². The number of hydrogen-bond acceptors (Lipinski definition) is 2. The Balaban J connectivity index is 3.65. The lowest BCUT2D eigenvalue weighted by molar-refractivity contribution is -0.122. The highest BCUT2D eigenvalue weighted by Crippen LogP contribution is 2.02. The first-order valence-corrected chi connectivity index (χ1v) is 5.00. The summed E-state index contributed by atoms with van der Waals surface area (Å²) in [7, 11) is 0. The number of amides is 1. The van der Waals surface area contributed by atoms with Gasteiger partial charge in [-0.15, -0.1) is 11.8 Å². The third kappa shape index (κ3) is 6.50. The Morgan fingerprint density at radius 1 is 1.50 bits per heavy atom. The molecule has 14 heavy (non-hydrogen) atoms. The van der Waals surface area contributed by atoms with Crippen molar-refractivity contribution in [2.45, 2.75) is 39.7 Å². The monoisotopic (exact) mass is 196 g/mol. The number of carbonyl (C=O) groups is 1. The molecule has 0 aromatic heterocycles. The van der Waals surface area contributed by atoms with Crippen LogP contribution in [0.15, 0.2) is 0 Å². The molecule has 0 aliphatic heterocycles. The van der Waals surface area contributed by atoms with Crippen LogP contribution in [0.2, 0.25) is 0 Å². The lowest BCUT2D eigenvalue weighted by atomic mass is 10.0. The lowest BCUT2D eigenvalue weighted by Gasteiger charge is -2.13. The number of nitrogens with two attached hydrogens (primary N) is 1. The number of rotatable bonds is 5. The van der Waals surface area contributed by atoms with Crippen LogP contribution < -0.4 is 11.1 Å². The van der Waals surface area contributed by atoms with Crippen LogP contribution in [-0.4, -0.2) is 18.5 Å². The van der Waals surface area contributed by atoms with Crippen LogP contribution in [-0.2, 0) is 4.79 Å². The molecule has 0 unspecified atom stereocenters. The molecule has 0 fully saturated rings. The van der Waals surface area contributed by atoms with E-state index in [0.717, 1.165) is 6.42 Å². The maximum absolute atomic E-state index is 11.4. The normalized spacial score (nSPS) is 11.8. The summed E-state index contributed by atoms with van der Waals surface area (Å²) in [6.45, 7) is 6.48. The SMILES string of the molecule is CC#CCCNC(=O)[C@@H](N)CC(C)C. The van der Waals surface area contributed by atoms with Crippen LogP contribution in [0.4, 0.5) is 0 Å². The van der Waals surface area contributed by atoms with Gasteiger partial charge in [-0.2, -0.15) is 0 Å². The van der Waals surface area contributed by atoms with E-state index in [-0.39, 0.29) is 11.9 Å². The van der Waals surface area contributed by atoms with Gasteiger partial charge in [0.15, 0.2) is 0 Å². The molecule has 0 heterocycles. The second-order valence-electron chi connectivity index (χ2n) is 3.70. The van der Waals surface area contributed by atoms with Gasteiger partial charge in [0, 0.05) is 13.0 Å². The molecule has 3 N–H and O–H groups in total. The first-order valence-electron chi connectivity index (χ1n) is 5.00. The Bertz CT molecular complexity index is 225. The summed E-state index contributed by atoms with van der Waals surface area (Å²) < 4.78 is 0. The zero-order valence-electron chi connectivity index (χ0n) is 9.26. The largest absolute Gasteiger partial charge is 0.354 e. The van der Waals surface area contributed by atoms with Crippen molar-refractivity contribution >= 4 is 5.91 Å². The predicted octanol–water partition coefficient (Wildman–Crippen LogP) is 0.889. The fourth-order valence-electron chi connectivity index (χ4n) is 1.12. The van der Waals surface area contributed by atoms with E-state index in [9.17, 15) is 4.79 Å². The third-order valence-electron chi connectivity index (χ3n) is 1.79. The second-order valence-corrected chi connectivity index (χ2v) is 3.70.